The maximum Gasteiger partial charge on any atom is 0.206 e. The lowest BCUT2D eigenvalue weighted by atomic mass is 10.3. The molecule has 0 aromatic carbocycles. The molecular weight excluding hydrogens is 290 g/mol. The van der Waals surface area contributed by atoms with Gasteiger partial charge in [-0.3, -0.25) is 4.99 Å². The van der Waals surface area contributed by atoms with Gasteiger partial charge < -0.3 is 4.42 Å². The summed E-state index contributed by atoms with van der Waals surface area (Å²) in [6.07, 6.45) is 3.53. The molecule has 3 heterocycles. The van der Waals surface area contributed by atoms with E-state index in [2.05, 4.69) is 28.5 Å². The van der Waals surface area contributed by atoms with Crippen molar-refractivity contribution >= 4 is 28.9 Å². The van der Waals surface area contributed by atoms with E-state index in [0.717, 1.165) is 21.1 Å². The molecule has 0 saturated heterocycles. The van der Waals surface area contributed by atoms with Crippen molar-refractivity contribution in [2.45, 2.75) is 6.92 Å². The molecule has 0 fully saturated rings. The fourth-order valence-electron chi connectivity index (χ4n) is 1.78. The van der Waals surface area contributed by atoms with Crippen LogP contribution in [0.4, 0.5) is 0 Å². The molecule has 0 spiro atoms. The van der Waals surface area contributed by atoms with Crippen molar-refractivity contribution in [2.24, 2.45) is 10.1 Å². The van der Waals surface area contributed by atoms with Crippen LogP contribution in [0, 0.1) is 6.92 Å². The summed E-state index contributed by atoms with van der Waals surface area (Å²) in [5, 5.41) is 8.62. The summed E-state index contributed by atoms with van der Waals surface area (Å²) < 4.78 is 7.26. The van der Waals surface area contributed by atoms with Crippen LogP contribution in [0.2, 0.25) is 0 Å². The van der Waals surface area contributed by atoms with Crippen LogP contribution >= 0.6 is 22.7 Å². The second-order valence-corrected chi connectivity index (χ2v) is 5.91. The first-order chi connectivity index (χ1) is 9.79. The average molecular weight is 303 g/mol. The number of thiophene rings is 1. The number of hydrogen-bond acceptors (Lipinski definition) is 5. The molecule has 0 radical (unpaired) electrons. The van der Waals surface area contributed by atoms with Crippen molar-refractivity contribution in [3.8, 4) is 11.5 Å². The average Bonchev–Trinajstić information content (AvgIpc) is 3.16. The molecule has 0 saturated carbocycles. The van der Waals surface area contributed by atoms with Gasteiger partial charge in [0.1, 0.15) is 5.69 Å². The van der Waals surface area contributed by atoms with Gasteiger partial charge in [-0.05, 0) is 36.1 Å². The molecule has 3 aromatic rings. The summed E-state index contributed by atoms with van der Waals surface area (Å²) in [6.45, 7) is 2.08. The highest BCUT2D eigenvalue weighted by atomic mass is 32.1. The molecule has 0 amide bonds. The first-order valence-corrected chi connectivity index (χ1v) is 7.81. The van der Waals surface area contributed by atoms with Gasteiger partial charge in [-0.15, -0.1) is 22.7 Å². The summed E-state index contributed by atoms with van der Waals surface area (Å²) in [7, 11) is 1.76. The summed E-state index contributed by atoms with van der Waals surface area (Å²) in [5.74, 6) is 0.788. The summed E-state index contributed by atoms with van der Waals surface area (Å²) >= 11 is 3.22. The number of aryl methyl sites for hydroxylation is 1. The predicted molar refractivity (Wildman–Crippen MR) is 83.5 cm³/mol. The third kappa shape index (κ3) is 2.39. The fourth-order valence-corrected chi connectivity index (χ4v) is 3.35. The molecule has 0 aliphatic rings. The molecule has 6 heteroatoms. The van der Waals surface area contributed by atoms with Crippen molar-refractivity contribution < 1.29 is 4.42 Å². The van der Waals surface area contributed by atoms with Gasteiger partial charge >= 0.3 is 0 Å². The Hall–Kier alpha value is -1.92. The maximum atomic E-state index is 5.45. The van der Waals surface area contributed by atoms with E-state index in [0.29, 0.717) is 0 Å². The van der Waals surface area contributed by atoms with Crippen molar-refractivity contribution in [1.82, 2.24) is 4.68 Å². The van der Waals surface area contributed by atoms with Gasteiger partial charge in [0.25, 0.3) is 0 Å². The third-order valence-corrected chi connectivity index (χ3v) is 4.70. The second-order valence-electron chi connectivity index (χ2n) is 4.13. The number of thiazole rings is 1. The molecule has 0 N–H and O–H groups in total. The van der Waals surface area contributed by atoms with E-state index in [4.69, 9.17) is 4.42 Å². The lowest BCUT2D eigenvalue weighted by molar-refractivity contribution is 0.575. The van der Waals surface area contributed by atoms with Gasteiger partial charge in [0.15, 0.2) is 5.76 Å². The molecule has 0 aliphatic heterocycles. The quantitative estimate of drug-likeness (QED) is 0.682. The van der Waals surface area contributed by atoms with Crippen LogP contribution in [0.3, 0.4) is 0 Å². The molecule has 0 unspecified atom stereocenters. The third-order valence-electron chi connectivity index (χ3n) is 2.84. The van der Waals surface area contributed by atoms with Gasteiger partial charge in [0.2, 0.25) is 4.80 Å². The minimum Gasteiger partial charge on any atom is -0.463 e. The van der Waals surface area contributed by atoms with Gasteiger partial charge in [0.05, 0.1) is 17.4 Å². The topological polar surface area (TPSA) is 42.8 Å². The highest BCUT2D eigenvalue weighted by molar-refractivity contribution is 7.11. The predicted octanol–water partition coefficient (Wildman–Crippen LogP) is 3.59. The van der Waals surface area contributed by atoms with Crippen LogP contribution in [0.25, 0.3) is 11.5 Å². The largest absolute Gasteiger partial charge is 0.463 e. The van der Waals surface area contributed by atoms with E-state index >= 15 is 0 Å². The fraction of sp³-hybridized carbons (Fsp3) is 0.143. The SMILES string of the molecule is CN=c1scc(-c2ccco2)n1/N=C\c1sccc1C. The van der Waals surface area contributed by atoms with Crippen LogP contribution in [-0.4, -0.2) is 17.9 Å². The monoisotopic (exact) mass is 303 g/mol. The summed E-state index contributed by atoms with van der Waals surface area (Å²) in [5.41, 5.74) is 2.13. The Morgan fingerprint density at radius 3 is 2.85 bits per heavy atom. The molecule has 0 aliphatic carbocycles. The Kier molecular flexibility index (Phi) is 3.66. The Labute approximate surface area is 124 Å². The summed E-state index contributed by atoms with van der Waals surface area (Å²) in [4.78, 5) is 6.24. The first kappa shape index (κ1) is 13.1. The zero-order chi connectivity index (χ0) is 13.9. The van der Waals surface area contributed by atoms with Gasteiger partial charge in [0, 0.05) is 12.4 Å². The van der Waals surface area contributed by atoms with Crippen molar-refractivity contribution in [2.75, 3.05) is 7.05 Å². The van der Waals surface area contributed by atoms with E-state index in [-0.39, 0.29) is 0 Å². The van der Waals surface area contributed by atoms with Gasteiger partial charge in [-0.1, -0.05) is 0 Å². The highest BCUT2D eigenvalue weighted by Crippen LogP contribution is 2.20. The smallest absolute Gasteiger partial charge is 0.206 e. The van der Waals surface area contributed by atoms with E-state index in [1.807, 2.05) is 28.4 Å². The molecule has 3 rings (SSSR count). The Morgan fingerprint density at radius 2 is 2.20 bits per heavy atom. The minimum absolute atomic E-state index is 0.788. The highest BCUT2D eigenvalue weighted by Gasteiger charge is 2.09. The standard InChI is InChI=1S/C14H13N3OS2/c1-10-5-7-19-13(10)8-16-17-11(9-20-14(17)15-2)12-4-3-6-18-12/h3-9H,1-2H3/b15-14?,16-8-. The van der Waals surface area contributed by atoms with Crippen LogP contribution in [0.1, 0.15) is 10.4 Å². The molecular formula is C14H13N3OS2. The zero-order valence-corrected chi connectivity index (χ0v) is 12.7. The van der Waals surface area contributed by atoms with E-state index < -0.39 is 0 Å². The Balaban J connectivity index is 2.07. The molecule has 0 bridgehead atoms. The Bertz CT molecular complexity index is 791. The van der Waals surface area contributed by atoms with Crippen molar-refractivity contribution in [3.63, 3.8) is 0 Å². The minimum atomic E-state index is 0.788. The van der Waals surface area contributed by atoms with Crippen LogP contribution in [0.15, 0.2) is 49.7 Å². The lowest BCUT2D eigenvalue weighted by Gasteiger charge is -1.99. The number of rotatable bonds is 3. The van der Waals surface area contributed by atoms with Crippen molar-refractivity contribution in [3.05, 3.63) is 50.5 Å². The van der Waals surface area contributed by atoms with Crippen LogP contribution < -0.4 is 4.80 Å². The van der Waals surface area contributed by atoms with Crippen LogP contribution in [-0.2, 0) is 0 Å². The van der Waals surface area contributed by atoms with Crippen molar-refractivity contribution in [1.29, 1.82) is 0 Å². The number of furan rings is 1. The lowest BCUT2D eigenvalue weighted by Crippen LogP contribution is -2.11. The van der Waals surface area contributed by atoms with E-state index in [1.54, 1.807) is 36.0 Å². The molecule has 0 atom stereocenters. The Morgan fingerprint density at radius 1 is 1.30 bits per heavy atom. The maximum absolute atomic E-state index is 5.45. The molecule has 3 aromatic heterocycles. The molecule has 4 nitrogen and oxygen atoms in total. The van der Waals surface area contributed by atoms with E-state index in [9.17, 15) is 0 Å². The number of hydrogen-bond donors (Lipinski definition) is 0. The molecule has 102 valence electrons. The number of aromatic nitrogens is 1. The van der Waals surface area contributed by atoms with Crippen LogP contribution in [0.5, 0.6) is 0 Å². The van der Waals surface area contributed by atoms with Gasteiger partial charge in [-0.25, -0.2) is 4.68 Å². The normalized spacial score (nSPS) is 12.6. The number of nitrogens with zero attached hydrogens (tertiary/aromatic N) is 3. The zero-order valence-electron chi connectivity index (χ0n) is 11.1. The molecule has 20 heavy (non-hydrogen) atoms. The van der Waals surface area contributed by atoms with Gasteiger partial charge in [-0.2, -0.15) is 5.10 Å². The second kappa shape index (κ2) is 5.60. The summed E-state index contributed by atoms with van der Waals surface area (Å²) in [6, 6.07) is 5.87. The van der Waals surface area contributed by atoms with E-state index in [1.165, 1.54) is 5.56 Å². The first-order valence-electron chi connectivity index (χ1n) is 6.05.